The van der Waals surface area contributed by atoms with Gasteiger partial charge in [-0.25, -0.2) is 9.59 Å². The van der Waals surface area contributed by atoms with Crippen molar-refractivity contribution in [3.05, 3.63) is 33.4 Å². The highest BCUT2D eigenvalue weighted by Crippen LogP contribution is 2.34. The van der Waals surface area contributed by atoms with Crippen LogP contribution in [0.15, 0.2) is 15.3 Å². The first-order valence-corrected chi connectivity index (χ1v) is 5.67. The fraction of sp³-hybridized carbons (Fsp3) is 0.462. The van der Waals surface area contributed by atoms with Crippen LogP contribution in [0.5, 0.6) is 0 Å². The molecule has 1 aliphatic rings. The molecule has 0 N–H and O–H groups in total. The number of carbonyl (C=O) groups excluding carboxylic acids is 2. The molecule has 0 unspecified atom stereocenters. The number of ether oxygens (including phenoxy) is 1. The molecule has 18 heavy (non-hydrogen) atoms. The van der Waals surface area contributed by atoms with Gasteiger partial charge in [0.25, 0.3) is 0 Å². The summed E-state index contributed by atoms with van der Waals surface area (Å²) in [6.45, 7) is 3.67. The standard InChI is InChI=1S/C13H14O5/c1-13(2)5-4-9-7(10(13)14)6-8(11(15)17-3)12(16)18-9/h6H,4-5H2,1-3H3. The van der Waals surface area contributed by atoms with Gasteiger partial charge in [0.05, 0.1) is 12.7 Å². The van der Waals surface area contributed by atoms with Crippen LogP contribution in [0.1, 0.15) is 46.7 Å². The lowest BCUT2D eigenvalue weighted by Gasteiger charge is -2.28. The minimum atomic E-state index is -0.789. The summed E-state index contributed by atoms with van der Waals surface area (Å²) < 4.78 is 9.53. The second kappa shape index (κ2) is 4.08. The lowest BCUT2D eigenvalue weighted by molar-refractivity contribution is 0.0594. The monoisotopic (exact) mass is 250 g/mol. The maximum Gasteiger partial charge on any atom is 0.350 e. The van der Waals surface area contributed by atoms with Crippen molar-refractivity contribution in [2.45, 2.75) is 26.7 Å². The zero-order valence-electron chi connectivity index (χ0n) is 10.5. The summed E-state index contributed by atoms with van der Waals surface area (Å²) in [4.78, 5) is 35.2. The number of rotatable bonds is 1. The summed E-state index contributed by atoms with van der Waals surface area (Å²) in [7, 11) is 1.17. The van der Waals surface area contributed by atoms with Gasteiger partial charge >= 0.3 is 11.6 Å². The number of hydrogen-bond acceptors (Lipinski definition) is 5. The minimum absolute atomic E-state index is 0.113. The quantitative estimate of drug-likeness (QED) is 0.707. The Morgan fingerprint density at radius 3 is 2.67 bits per heavy atom. The molecule has 0 bridgehead atoms. The third-order valence-electron chi connectivity index (χ3n) is 3.27. The molecule has 0 saturated heterocycles. The highest BCUT2D eigenvalue weighted by Gasteiger charge is 2.36. The molecule has 1 aromatic rings. The lowest BCUT2D eigenvalue weighted by atomic mass is 9.75. The highest BCUT2D eigenvalue weighted by atomic mass is 16.5. The molecule has 0 saturated carbocycles. The van der Waals surface area contributed by atoms with E-state index < -0.39 is 17.0 Å². The van der Waals surface area contributed by atoms with Crippen LogP contribution in [0.3, 0.4) is 0 Å². The second-order valence-electron chi connectivity index (χ2n) is 4.99. The van der Waals surface area contributed by atoms with Crippen molar-refractivity contribution < 1.29 is 18.7 Å². The molecule has 0 atom stereocenters. The van der Waals surface area contributed by atoms with Crippen molar-refractivity contribution in [3.63, 3.8) is 0 Å². The van der Waals surface area contributed by atoms with Gasteiger partial charge in [0.1, 0.15) is 11.3 Å². The SMILES string of the molecule is COC(=O)c1cc2c(oc1=O)CCC(C)(C)C2=O. The van der Waals surface area contributed by atoms with E-state index in [2.05, 4.69) is 4.74 Å². The fourth-order valence-electron chi connectivity index (χ4n) is 2.04. The van der Waals surface area contributed by atoms with Crippen molar-refractivity contribution in [2.75, 3.05) is 7.11 Å². The number of methoxy groups -OCH3 is 1. The van der Waals surface area contributed by atoms with Crippen molar-refractivity contribution in [1.82, 2.24) is 0 Å². The number of Topliss-reactive ketones (excluding diaryl/α,β-unsaturated/α-hetero) is 1. The Balaban J connectivity index is 2.60. The van der Waals surface area contributed by atoms with Crippen LogP contribution < -0.4 is 5.63 Å². The van der Waals surface area contributed by atoms with E-state index in [1.54, 1.807) is 0 Å². The molecule has 1 heterocycles. The van der Waals surface area contributed by atoms with Crippen LogP contribution in [-0.2, 0) is 11.2 Å². The van der Waals surface area contributed by atoms with Gasteiger partial charge in [0.2, 0.25) is 0 Å². The molecule has 2 rings (SSSR count). The third kappa shape index (κ3) is 1.85. The summed E-state index contributed by atoms with van der Waals surface area (Å²) in [6, 6.07) is 1.29. The fourth-order valence-corrected chi connectivity index (χ4v) is 2.04. The molecule has 0 amide bonds. The van der Waals surface area contributed by atoms with Crippen molar-refractivity contribution >= 4 is 11.8 Å². The number of esters is 1. The summed E-state index contributed by atoms with van der Waals surface area (Å²) in [5, 5.41) is 0. The molecular formula is C13H14O5. The Hall–Kier alpha value is -1.91. The molecule has 0 aromatic carbocycles. The molecule has 5 heteroatoms. The van der Waals surface area contributed by atoms with Crippen LogP contribution in [0.2, 0.25) is 0 Å². The number of fused-ring (bicyclic) bond motifs is 1. The first-order valence-electron chi connectivity index (χ1n) is 5.67. The van der Waals surface area contributed by atoms with Gasteiger partial charge in [-0.2, -0.15) is 0 Å². The normalized spacial score (nSPS) is 17.2. The third-order valence-corrected chi connectivity index (χ3v) is 3.27. The van der Waals surface area contributed by atoms with E-state index in [4.69, 9.17) is 4.42 Å². The Bertz CT molecular complexity index is 580. The topological polar surface area (TPSA) is 73.6 Å². The number of ketones is 1. The molecule has 0 radical (unpaired) electrons. The lowest BCUT2D eigenvalue weighted by Crippen LogP contribution is -2.32. The zero-order valence-corrected chi connectivity index (χ0v) is 10.5. The first kappa shape index (κ1) is 12.5. The van der Waals surface area contributed by atoms with E-state index in [-0.39, 0.29) is 11.3 Å². The number of hydrogen-bond donors (Lipinski definition) is 0. The van der Waals surface area contributed by atoms with E-state index >= 15 is 0 Å². The minimum Gasteiger partial charge on any atom is -0.465 e. The largest absolute Gasteiger partial charge is 0.465 e. The Morgan fingerprint density at radius 1 is 1.39 bits per heavy atom. The molecular weight excluding hydrogens is 236 g/mol. The summed E-state index contributed by atoms with van der Waals surface area (Å²) >= 11 is 0. The van der Waals surface area contributed by atoms with E-state index in [9.17, 15) is 14.4 Å². The highest BCUT2D eigenvalue weighted by molar-refractivity contribution is 6.03. The summed E-state index contributed by atoms with van der Waals surface area (Å²) in [5.74, 6) is -0.544. The van der Waals surface area contributed by atoms with Gasteiger partial charge in [-0.3, -0.25) is 4.79 Å². The van der Waals surface area contributed by atoms with E-state index in [1.165, 1.54) is 13.2 Å². The van der Waals surface area contributed by atoms with Crippen molar-refractivity contribution in [1.29, 1.82) is 0 Å². The van der Waals surface area contributed by atoms with E-state index in [0.29, 0.717) is 24.2 Å². The Kier molecular flexibility index (Phi) is 2.84. The first-order chi connectivity index (χ1) is 8.36. The predicted octanol–water partition coefficient (Wildman–Crippen LogP) is 1.58. The number of aryl methyl sites for hydroxylation is 1. The Labute approximate surface area is 104 Å². The molecule has 0 aliphatic heterocycles. The maximum absolute atomic E-state index is 12.2. The smallest absolute Gasteiger partial charge is 0.350 e. The average molecular weight is 250 g/mol. The molecule has 1 aromatic heterocycles. The second-order valence-corrected chi connectivity index (χ2v) is 4.99. The molecule has 96 valence electrons. The van der Waals surface area contributed by atoms with Crippen LogP contribution >= 0.6 is 0 Å². The Morgan fingerprint density at radius 2 is 2.06 bits per heavy atom. The van der Waals surface area contributed by atoms with E-state index in [0.717, 1.165) is 0 Å². The molecule has 1 aliphatic carbocycles. The summed E-state index contributed by atoms with van der Waals surface area (Å²) in [6.07, 6.45) is 1.14. The molecule has 0 fully saturated rings. The summed E-state index contributed by atoms with van der Waals surface area (Å²) in [5.41, 5.74) is -1.18. The predicted molar refractivity (Wildman–Crippen MR) is 62.8 cm³/mol. The maximum atomic E-state index is 12.2. The van der Waals surface area contributed by atoms with Crippen LogP contribution in [0, 0.1) is 5.41 Å². The average Bonchev–Trinajstić information content (AvgIpc) is 2.33. The molecule has 0 spiro atoms. The van der Waals surface area contributed by atoms with Crippen molar-refractivity contribution in [3.8, 4) is 0 Å². The van der Waals surface area contributed by atoms with Gasteiger partial charge in [-0.15, -0.1) is 0 Å². The van der Waals surface area contributed by atoms with Crippen LogP contribution in [-0.4, -0.2) is 18.9 Å². The van der Waals surface area contributed by atoms with Gasteiger partial charge in [0, 0.05) is 11.8 Å². The van der Waals surface area contributed by atoms with Crippen LogP contribution in [0.4, 0.5) is 0 Å². The van der Waals surface area contributed by atoms with E-state index in [1.807, 2.05) is 13.8 Å². The van der Waals surface area contributed by atoms with Crippen LogP contribution in [0.25, 0.3) is 0 Å². The van der Waals surface area contributed by atoms with Gasteiger partial charge < -0.3 is 9.15 Å². The van der Waals surface area contributed by atoms with Gasteiger partial charge in [0.15, 0.2) is 5.78 Å². The molecule has 5 nitrogen and oxygen atoms in total. The van der Waals surface area contributed by atoms with Crippen molar-refractivity contribution in [2.24, 2.45) is 5.41 Å². The zero-order chi connectivity index (χ0) is 13.5. The van der Waals surface area contributed by atoms with Gasteiger partial charge in [-0.05, 0) is 12.5 Å². The van der Waals surface area contributed by atoms with Gasteiger partial charge in [-0.1, -0.05) is 13.8 Å². The number of carbonyl (C=O) groups is 2.